The Hall–Kier alpha value is -1.29. The Balaban J connectivity index is 2.23. The predicted molar refractivity (Wildman–Crippen MR) is 77.4 cm³/mol. The minimum absolute atomic E-state index is 0.198. The number of nitrogens with zero attached hydrogens (tertiary/aromatic N) is 2. The number of thiophene rings is 1. The molecule has 0 aliphatic heterocycles. The van der Waals surface area contributed by atoms with Crippen LogP contribution in [0.3, 0.4) is 0 Å². The molecule has 2 rings (SSSR count). The second kappa shape index (κ2) is 5.37. The minimum atomic E-state index is -3.53. The van der Waals surface area contributed by atoms with Crippen molar-refractivity contribution in [3.8, 4) is 0 Å². The fourth-order valence-electron chi connectivity index (χ4n) is 1.45. The van der Waals surface area contributed by atoms with E-state index in [4.69, 9.17) is 18.0 Å². The lowest BCUT2D eigenvalue weighted by molar-refractivity contribution is 0.468. The molecule has 0 atom stereocenters. The van der Waals surface area contributed by atoms with E-state index in [-0.39, 0.29) is 15.7 Å². The van der Waals surface area contributed by atoms with Gasteiger partial charge in [0.05, 0.1) is 11.1 Å². The van der Waals surface area contributed by atoms with Crippen LogP contribution in [0.5, 0.6) is 0 Å². The summed E-state index contributed by atoms with van der Waals surface area (Å²) in [6.45, 7) is 0.249. The fourth-order valence-corrected chi connectivity index (χ4v) is 4.17. The molecule has 102 valence electrons. The maximum Gasteiger partial charge on any atom is 0.252 e. The van der Waals surface area contributed by atoms with Crippen molar-refractivity contribution < 1.29 is 8.42 Å². The number of nitrogens with one attached hydrogen (secondary N) is 1. The van der Waals surface area contributed by atoms with Crippen LogP contribution in [0.25, 0.3) is 0 Å². The predicted octanol–water partition coefficient (Wildman–Crippen LogP) is 0.926. The van der Waals surface area contributed by atoms with E-state index in [1.807, 2.05) is 0 Å². The van der Waals surface area contributed by atoms with Gasteiger partial charge in [0.15, 0.2) is 0 Å². The SMILES string of the molecule is CN(Cc1cn[nH]c1)S(=O)(=O)c1ccc(C(N)=S)s1. The summed E-state index contributed by atoms with van der Waals surface area (Å²) < 4.78 is 26.1. The third-order valence-corrected chi connectivity index (χ3v) is 6.19. The van der Waals surface area contributed by atoms with Gasteiger partial charge in [-0.1, -0.05) is 12.2 Å². The molecule has 0 saturated carbocycles. The number of nitrogens with two attached hydrogens (primary N) is 1. The monoisotopic (exact) mass is 316 g/mol. The van der Waals surface area contributed by atoms with Crippen LogP contribution >= 0.6 is 23.6 Å². The second-order valence-electron chi connectivity index (χ2n) is 3.85. The third-order valence-electron chi connectivity index (χ3n) is 2.45. The Kier molecular flexibility index (Phi) is 3.99. The zero-order valence-corrected chi connectivity index (χ0v) is 12.5. The molecule has 19 heavy (non-hydrogen) atoms. The summed E-state index contributed by atoms with van der Waals surface area (Å²) in [7, 11) is -2.02. The highest BCUT2D eigenvalue weighted by Crippen LogP contribution is 2.25. The quantitative estimate of drug-likeness (QED) is 0.801. The van der Waals surface area contributed by atoms with Crippen molar-refractivity contribution in [3.05, 3.63) is 35.0 Å². The van der Waals surface area contributed by atoms with Gasteiger partial charge in [-0.2, -0.15) is 9.40 Å². The summed E-state index contributed by atoms with van der Waals surface area (Å²) >= 11 is 5.89. The normalized spacial score (nSPS) is 11.9. The highest BCUT2D eigenvalue weighted by molar-refractivity contribution is 7.91. The Morgan fingerprint density at radius 2 is 2.32 bits per heavy atom. The van der Waals surface area contributed by atoms with Gasteiger partial charge in [-0.05, 0) is 12.1 Å². The van der Waals surface area contributed by atoms with Crippen molar-refractivity contribution in [2.75, 3.05) is 7.05 Å². The van der Waals surface area contributed by atoms with Crippen LogP contribution in [0.1, 0.15) is 10.4 Å². The Bertz CT molecular complexity index is 675. The molecule has 2 aromatic heterocycles. The van der Waals surface area contributed by atoms with Crippen LogP contribution in [0.4, 0.5) is 0 Å². The molecule has 0 aliphatic carbocycles. The van der Waals surface area contributed by atoms with E-state index in [0.29, 0.717) is 4.88 Å². The summed E-state index contributed by atoms with van der Waals surface area (Å²) in [6.07, 6.45) is 3.24. The van der Waals surface area contributed by atoms with E-state index in [1.165, 1.54) is 17.4 Å². The molecule has 0 amide bonds. The molecule has 9 heteroatoms. The molecular formula is C10H12N4O2S3. The summed E-state index contributed by atoms with van der Waals surface area (Å²) in [5, 5.41) is 6.42. The average molecular weight is 316 g/mol. The van der Waals surface area contributed by atoms with Crippen LogP contribution in [0.2, 0.25) is 0 Å². The Labute approximate surface area is 120 Å². The van der Waals surface area contributed by atoms with Gasteiger partial charge >= 0.3 is 0 Å². The van der Waals surface area contributed by atoms with Gasteiger partial charge in [0, 0.05) is 25.4 Å². The molecular weight excluding hydrogens is 304 g/mol. The number of hydrogen-bond donors (Lipinski definition) is 2. The van der Waals surface area contributed by atoms with Crippen LogP contribution < -0.4 is 5.73 Å². The lowest BCUT2D eigenvalue weighted by Gasteiger charge is -2.14. The van der Waals surface area contributed by atoms with Gasteiger partial charge in [0.25, 0.3) is 10.0 Å². The van der Waals surface area contributed by atoms with E-state index in [0.717, 1.165) is 16.9 Å². The van der Waals surface area contributed by atoms with E-state index in [2.05, 4.69) is 10.2 Å². The molecule has 0 unspecified atom stereocenters. The summed E-state index contributed by atoms with van der Waals surface area (Å²) in [5.74, 6) is 0. The second-order valence-corrected chi connectivity index (χ2v) is 7.65. The van der Waals surface area contributed by atoms with Gasteiger partial charge in [0.1, 0.15) is 9.20 Å². The van der Waals surface area contributed by atoms with E-state index >= 15 is 0 Å². The zero-order chi connectivity index (χ0) is 14.0. The average Bonchev–Trinajstić information content (AvgIpc) is 2.99. The molecule has 0 bridgehead atoms. The Morgan fingerprint density at radius 3 is 2.84 bits per heavy atom. The number of sulfonamides is 1. The first-order valence-electron chi connectivity index (χ1n) is 5.25. The molecule has 0 spiro atoms. The highest BCUT2D eigenvalue weighted by Gasteiger charge is 2.23. The number of aromatic amines is 1. The summed E-state index contributed by atoms with van der Waals surface area (Å²) in [4.78, 5) is 0.786. The molecule has 0 fully saturated rings. The molecule has 2 heterocycles. The first-order chi connectivity index (χ1) is 8.91. The van der Waals surface area contributed by atoms with Gasteiger partial charge in [-0.3, -0.25) is 5.10 Å². The molecule has 3 N–H and O–H groups in total. The van der Waals surface area contributed by atoms with Crippen molar-refractivity contribution in [1.82, 2.24) is 14.5 Å². The summed E-state index contributed by atoms with van der Waals surface area (Å²) in [6, 6.07) is 3.13. The van der Waals surface area contributed by atoms with Crippen LogP contribution in [0, 0.1) is 0 Å². The number of rotatable bonds is 5. The van der Waals surface area contributed by atoms with Crippen molar-refractivity contribution in [3.63, 3.8) is 0 Å². The highest BCUT2D eigenvalue weighted by atomic mass is 32.2. The van der Waals surface area contributed by atoms with Crippen LogP contribution in [0.15, 0.2) is 28.7 Å². The van der Waals surface area contributed by atoms with Gasteiger partial charge in [0.2, 0.25) is 0 Å². The van der Waals surface area contributed by atoms with Crippen molar-refractivity contribution in [2.45, 2.75) is 10.8 Å². The molecule has 0 aromatic carbocycles. The zero-order valence-electron chi connectivity index (χ0n) is 10.0. The standard InChI is InChI=1S/C10H12N4O2S3/c1-14(6-7-4-12-13-5-7)19(15,16)9-3-2-8(18-9)10(11)17/h2-5H,6H2,1H3,(H2,11,17)(H,12,13). The lowest BCUT2D eigenvalue weighted by atomic mass is 10.4. The maximum absolute atomic E-state index is 12.3. The smallest absolute Gasteiger partial charge is 0.252 e. The van der Waals surface area contributed by atoms with Crippen LogP contribution in [-0.4, -0.2) is 35.0 Å². The van der Waals surface area contributed by atoms with Crippen LogP contribution in [-0.2, 0) is 16.6 Å². The van der Waals surface area contributed by atoms with Crippen molar-refractivity contribution in [2.24, 2.45) is 5.73 Å². The van der Waals surface area contributed by atoms with Gasteiger partial charge < -0.3 is 5.73 Å². The topological polar surface area (TPSA) is 92.1 Å². The lowest BCUT2D eigenvalue weighted by Crippen LogP contribution is -2.25. The molecule has 0 saturated heterocycles. The number of aromatic nitrogens is 2. The fraction of sp³-hybridized carbons (Fsp3) is 0.200. The third kappa shape index (κ3) is 3.00. The maximum atomic E-state index is 12.3. The molecule has 2 aromatic rings. The van der Waals surface area contributed by atoms with E-state index in [9.17, 15) is 8.42 Å². The van der Waals surface area contributed by atoms with E-state index in [1.54, 1.807) is 18.5 Å². The first kappa shape index (κ1) is 14.1. The number of thiocarbonyl (C=S) groups is 1. The largest absolute Gasteiger partial charge is 0.389 e. The number of H-pyrrole nitrogens is 1. The van der Waals surface area contributed by atoms with Crippen molar-refractivity contribution in [1.29, 1.82) is 0 Å². The molecule has 0 aliphatic rings. The minimum Gasteiger partial charge on any atom is -0.389 e. The molecule has 6 nitrogen and oxygen atoms in total. The van der Waals surface area contributed by atoms with Gasteiger partial charge in [-0.25, -0.2) is 8.42 Å². The molecule has 0 radical (unpaired) electrons. The van der Waals surface area contributed by atoms with E-state index < -0.39 is 10.0 Å². The summed E-state index contributed by atoms with van der Waals surface area (Å²) in [5.41, 5.74) is 6.27. The first-order valence-corrected chi connectivity index (χ1v) is 7.91. The number of hydrogen-bond acceptors (Lipinski definition) is 5. The Morgan fingerprint density at radius 1 is 1.58 bits per heavy atom. The van der Waals surface area contributed by atoms with Crippen molar-refractivity contribution >= 4 is 38.6 Å². The van der Waals surface area contributed by atoms with Gasteiger partial charge in [-0.15, -0.1) is 11.3 Å².